The van der Waals surface area contributed by atoms with E-state index >= 15 is 0 Å². The standard InChI is InChI=1S/2C4H8O.2BrH.Fe/c2*1-2-4-5-3-1;;;/h2*1-4H2;2*1H;/q;;;;+2/p-2. The fourth-order valence-corrected chi connectivity index (χ4v) is 1.02. The van der Waals surface area contributed by atoms with Crippen molar-refractivity contribution in [2.75, 3.05) is 26.4 Å². The quantitative estimate of drug-likeness (QED) is 0.618. The van der Waals surface area contributed by atoms with Crippen LogP contribution >= 0.6 is 28.2 Å². The number of ether oxygens (including phenoxy) is 2. The summed E-state index contributed by atoms with van der Waals surface area (Å²) in [5.41, 5.74) is 0. The zero-order chi connectivity index (χ0) is 9.78. The first-order chi connectivity index (χ1) is 6.41. The monoisotopic (exact) mass is 358 g/mol. The molecule has 2 heterocycles. The van der Waals surface area contributed by atoms with Crippen LogP contribution < -0.4 is 0 Å². The first-order valence-electron chi connectivity index (χ1n) is 4.42. The van der Waals surface area contributed by atoms with Gasteiger partial charge in [0.05, 0.1) is 0 Å². The Hall–Kier alpha value is 1.40. The zero-order valence-electron chi connectivity index (χ0n) is 7.58. The molecule has 0 bridgehead atoms. The Labute approximate surface area is 101 Å². The van der Waals surface area contributed by atoms with E-state index in [1.165, 1.54) is 25.7 Å². The molecule has 2 aliphatic heterocycles. The molecule has 0 amide bonds. The van der Waals surface area contributed by atoms with E-state index in [9.17, 15) is 0 Å². The molecule has 0 spiro atoms. The topological polar surface area (TPSA) is 18.5 Å². The van der Waals surface area contributed by atoms with Gasteiger partial charge in [0.15, 0.2) is 0 Å². The van der Waals surface area contributed by atoms with Crippen molar-refractivity contribution in [3.63, 3.8) is 0 Å². The fourth-order valence-electron chi connectivity index (χ4n) is 1.02. The number of rotatable bonds is 0. The molecule has 2 saturated heterocycles. The second kappa shape index (κ2) is 13.4. The first-order valence-corrected chi connectivity index (χ1v) is 9.88. The van der Waals surface area contributed by atoms with E-state index in [0.717, 1.165) is 37.8 Å². The van der Waals surface area contributed by atoms with Crippen LogP contribution in [0.15, 0.2) is 0 Å². The van der Waals surface area contributed by atoms with Crippen LogP contribution in [-0.4, -0.2) is 26.4 Å². The molecule has 2 aliphatic rings. The summed E-state index contributed by atoms with van der Waals surface area (Å²) in [5.74, 6) is 0. The van der Waals surface area contributed by atoms with Crippen LogP contribution in [0.25, 0.3) is 0 Å². The van der Waals surface area contributed by atoms with Gasteiger partial charge in [0, 0.05) is 26.4 Å². The molecule has 82 valence electrons. The summed E-state index contributed by atoms with van der Waals surface area (Å²) in [7, 11) is 0. The van der Waals surface area contributed by atoms with Gasteiger partial charge in [-0.15, -0.1) is 0 Å². The summed E-state index contributed by atoms with van der Waals surface area (Å²) in [6.07, 6.45) is 5.11. The van der Waals surface area contributed by atoms with Crippen LogP contribution in [0.2, 0.25) is 0 Å². The molecule has 0 unspecified atom stereocenters. The Balaban J connectivity index is 0.000000174. The molecule has 0 saturated carbocycles. The average molecular weight is 360 g/mol. The molecule has 5 heteroatoms. The second-order valence-electron chi connectivity index (χ2n) is 2.69. The van der Waals surface area contributed by atoms with Gasteiger partial charge in [-0.1, -0.05) is 0 Å². The van der Waals surface area contributed by atoms with Gasteiger partial charge >= 0.3 is 39.6 Å². The van der Waals surface area contributed by atoms with Crippen LogP contribution in [0.4, 0.5) is 0 Å². The maximum atomic E-state index is 4.94. The maximum absolute atomic E-state index is 4.94. The predicted molar refractivity (Wildman–Crippen MR) is 58.0 cm³/mol. The molecule has 0 atom stereocenters. The summed E-state index contributed by atoms with van der Waals surface area (Å²) >= 11 is 7.00. The minimum absolute atomic E-state index is 0.875. The summed E-state index contributed by atoms with van der Waals surface area (Å²) in [6.45, 7) is 4.00. The number of hydrogen-bond acceptors (Lipinski definition) is 2. The van der Waals surface area contributed by atoms with Crippen molar-refractivity contribution in [1.82, 2.24) is 0 Å². The van der Waals surface area contributed by atoms with Crippen molar-refractivity contribution < 1.29 is 20.8 Å². The van der Waals surface area contributed by atoms with Crippen molar-refractivity contribution in [1.29, 1.82) is 0 Å². The van der Waals surface area contributed by atoms with E-state index < -0.39 is 0 Å². The second-order valence-corrected chi connectivity index (χ2v) is 8.26. The Bertz CT molecular complexity index is 63.0. The first kappa shape index (κ1) is 14.4. The molecule has 2 nitrogen and oxygen atoms in total. The Morgan fingerprint density at radius 3 is 1.00 bits per heavy atom. The summed E-state index contributed by atoms with van der Waals surface area (Å²) in [5, 5.41) is 0. The summed E-state index contributed by atoms with van der Waals surface area (Å²) in [6, 6.07) is 0. The third-order valence-electron chi connectivity index (χ3n) is 1.65. The zero-order valence-corrected chi connectivity index (χ0v) is 11.9. The predicted octanol–water partition coefficient (Wildman–Crippen LogP) is 3.28. The van der Waals surface area contributed by atoms with Crippen molar-refractivity contribution in [2.24, 2.45) is 0 Å². The molecule has 13 heavy (non-hydrogen) atoms. The van der Waals surface area contributed by atoms with Crippen molar-refractivity contribution in [3.8, 4) is 0 Å². The molecule has 0 N–H and O–H groups in total. The molecular formula is C8H16Br2FeO2. The summed E-state index contributed by atoms with van der Waals surface area (Å²) in [4.78, 5) is 0. The van der Waals surface area contributed by atoms with Crippen molar-refractivity contribution in [3.05, 3.63) is 0 Å². The van der Waals surface area contributed by atoms with Crippen LogP contribution in [0.1, 0.15) is 25.7 Å². The molecule has 0 radical (unpaired) electrons. The van der Waals surface area contributed by atoms with E-state index in [0.29, 0.717) is 0 Å². The van der Waals surface area contributed by atoms with Gasteiger partial charge < -0.3 is 9.47 Å². The van der Waals surface area contributed by atoms with E-state index in [1.807, 2.05) is 0 Å². The van der Waals surface area contributed by atoms with Gasteiger partial charge in [-0.3, -0.25) is 0 Å². The molecule has 2 fully saturated rings. The van der Waals surface area contributed by atoms with Crippen LogP contribution in [0, 0.1) is 0 Å². The third kappa shape index (κ3) is 13.4. The molecule has 0 aromatic carbocycles. The van der Waals surface area contributed by atoms with Gasteiger partial charge in [0.25, 0.3) is 0 Å². The van der Waals surface area contributed by atoms with Gasteiger partial charge in [-0.2, -0.15) is 0 Å². The van der Waals surface area contributed by atoms with Gasteiger partial charge in [-0.25, -0.2) is 0 Å². The average Bonchev–Trinajstić information content (AvgIpc) is 2.85. The molecule has 0 aliphatic carbocycles. The van der Waals surface area contributed by atoms with Crippen molar-refractivity contribution in [2.45, 2.75) is 25.7 Å². The summed E-state index contributed by atoms with van der Waals surface area (Å²) < 4.78 is 9.89. The molecule has 0 aromatic heterocycles. The van der Waals surface area contributed by atoms with Crippen LogP contribution in [0.3, 0.4) is 0 Å². The van der Waals surface area contributed by atoms with Crippen molar-refractivity contribution >= 4 is 28.2 Å². The molecular weight excluding hydrogens is 344 g/mol. The normalized spacial score (nSPS) is 20.2. The van der Waals surface area contributed by atoms with Crippen LogP contribution in [-0.2, 0) is 20.8 Å². The Morgan fingerprint density at radius 2 is 0.923 bits per heavy atom. The van der Waals surface area contributed by atoms with Gasteiger partial charge in [-0.05, 0) is 25.7 Å². The third-order valence-corrected chi connectivity index (χ3v) is 1.65. The minimum atomic E-state index is 0.875. The SMILES string of the molecule is C1CCOC1.C1CCOC1.[Br][Fe][Br]. The molecule has 0 aromatic rings. The van der Waals surface area contributed by atoms with E-state index in [-0.39, 0.29) is 0 Å². The Kier molecular flexibility index (Phi) is 14.8. The molecule has 2 rings (SSSR count). The van der Waals surface area contributed by atoms with Gasteiger partial charge in [0.2, 0.25) is 0 Å². The number of hydrogen-bond donors (Lipinski definition) is 0. The van der Waals surface area contributed by atoms with E-state index in [4.69, 9.17) is 9.47 Å². The fraction of sp³-hybridized carbons (Fsp3) is 1.00. The number of halogens is 2. The van der Waals surface area contributed by atoms with E-state index in [2.05, 4.69) is 28.2 Å². The Morgan fingerprint density at radius 1 is 0.692 bits per heavy atom. The van der Waals surface area contributed by atoms with E-state index in [1.54, 1.807) is 0 Å². The van der Waals surface area contributed by atoms with Gasteiger partial charge in [0.1, 0.15) is 0 Å². The van der Waals surface area contributed by atoms with Crippen LogP contribution in [0.5, 0.6) is 0 Å².